The Morgan fingerprint density at radius 1 is 1.25 bits per heavy atom. The molecule has 1 aliphatic rings. The minimum atomic E-state index is -0.103. The summed E-state index contributed by atoms with van der Waals surface area (Å²) in [6, 6.07) is 7.85. The number of rotatable bonds is 4. The normalized spacial score (nSPS) is 24.6. The molecule has 2 rings (SSSR count). The molecule has 0 radical (unpaired) electrons. The lowest BCUT2D eigenvalue weighted by Crippen LogP contribution is -2.15. The van der Waals surface area contributed by atoms with Crippen molar-refractivity contribution < 1.29 is 9.84 Å². The molecule has 0 aromatic heterocycles. The molecule has 2 atom stereocenters. The summed E-state index contributed by atoms with van der Waals surface area (Å²) in [6.45, 7) is 0.698. The van der Waals surface area contributed by atoms with E-state index in [9.17, 15) is 5.11 Å². The summed E-state index contributed by atoms with van der Waals surface area (Å²) in [5, 5.41) is 9.66. The Bertz CT molecular complexity index is 323. The number of hydrogen-bond acceptors (Lipinski definition) is 2. The molecule has 88 valence electrons. The average molecular weight is 285 g/mol. The van der Waals surface area contributed by atoms with Crippen LogP contribution in [0.25, 0.3) is 0 Å². The van der Waals surface area contributed by atoms with Crippen molar-refractivity contribution in [3.63, 3.8) is 0 Å². The third kappa shape index (κ3) is 3.22. The van der Waals surface area contributed by atoms with Gasteiger partial charge in [0.1, 0.15) is 5.75 Å². The standard InChI is InChI=1S/C13H17BrO2/c14-11-4-6-12(7-5-11)16-9-8-10-2-1-3-13(10)15/h4-7,10,13,15H,1-3,8-9H2. The highest BCUT2D eigenvalue weighted by atomic mass is 79.9. The van der Waals surface area contributed by atoms with E-state index < -0.39 is 0 Å². The summed E-state index contributed by atoms with van der Waals surface area (Å²) in [6.07, 6.45) is 4.11. The molecule has 0 amide bonds. The van der Waals surface area contributed by atoms with Crippen LogP contribution < -0.4 is 4.74 Å². The van der Waals surface area contributed by atoms with Gasteiger partial charge >= 0.3 is 0 Å². The van der Waals surface area contributed by atoms with E-state index in [1.165, 1.54) is 0 Å². The Hall–Kier alpha value is -0.540. The van der Waals surface area contributed by atoms with Crippen molar-refractivity contribution in [3.05, 3.63) is 28.7 Å². The molecule has 1 aliphatic carbocycles. The predicted molar refractivity (Wildman–Crippen MR) is 67.6 cm³/mol. The second kappa shape index (κ2) is 5.69. The first-order valence-corrected chi connectivity index (χ1v) is 6.61. The van der Waals surface area contributed by atoms with E-state index in [2.05, 4.69) is 15.9 Å². The van der Waals surface area contributed by atoms with Crippen LogP contribution in [-0.4, -0.2) is 17.8 Å². The Labute approximate surface area is 105 Å². The monoisotopic (exact) mass is 284 g/mol. The summed E-state index contributed by atoms with van der Waals surface area (Å²) in [7, 11) is 0. The van der Waals surface area contributed by atoms with Gasteiger partial charge in [0.05, 0.1) is 12.7 Å². The molecule has 1 N–H and O–H groups in total. The van der Waals surface area contributed by atoms with E-state index in [0.29, 0.717) is 12.5 Å². The lowest BCUT2D eigenvalue weighted by Gasteiger charge is -2.14. The minimum Gasteiger partial charge on any atom is -0.494 e. The molecule has 1 aromatic carbocycles. The van der Waals surface area contributed by atoms with Gasteiger partial charge in [0.2, 0.25) is 0 Å². The number of benzene rings is 1. The van der Waals surface area contributed by atoms with E-state index in [4.69, 9.17) is 4.74 Å². The van der Waals surface area contributed by atoms with Gasteiger partial charge in [0, 0.05) is 4.47 Å². The smallest absolute Gasteiger partial charge is 0.119 e. The zero-order chi connectivity index (χ0) is 11.4. The molecule has 1 fully saturated rings. The van der Waals surface area contributed by atoms with Gasteiger partial charge in [-0.05, 0) is 49.4 Å². The van der Waals surface area contributed by atoms with Crippen LogP contribution >= 0.6 is 15.9 Å². The number of aliphatic hydroxyl groups is 1. The van der Waals surface area contributed by atoms with Gasteiger partial charge in [0.25, 0.3) is 0 Å². The van der Waals surface area contributed by atoms with Gasteiger partial charge in [-0.2, -0.15) is 0 Å². The fraction of sp³-hybridized carbons (Fsp3) is 0.538. The molecule has 1 saturated carbocycles. The molecule has 3 heteroatoms. The summed E-state index contributed by atoms with van der Waals surface area (Å²) in [5.41, 5.74) is 0. The fourth-order valence-electron chi connectivity index (χ4n) is 2.21. The van der Waals surface area contributed by atoms with Crippen molar-refractivity contribution in [3.8, 4) is 5.75 Å². The molecular weight excluding hydrogens is 268 g/mol. The SMILES string of the molecule is OC1CCCC1CCOc1ccc(Br)cc1. The topological polar surface area (TPSA) is 29.5 Å². The summed E-state index contributed by atoms with van der Waals surface area (Å²) >= 11 is 3.39. The maximum absolute atomic E-state index is 9.66. The van der Waals surface area contributed by atoms with Crippen molar-refractivity contribution in [1.29, 1.82) is 0 Å². The van der Waals surface area contributed by atoms with E-state index in [1.54, 1.807) is 0 Å². The summed E-state index contributed by atoms with van der Waals surface area (Å²) in [5.74, 6) is 1.34. The molecule has 0 aliphatic heterocycles. The second-order valence-corrected chi connectivity index (χ2v) is 5.27. The first-order chi connectivity index (χ1) is 7.75. The van der Waals surface area contributed by atoms with Crippen molar-refractivity contribution >= 4 is 15.9 Å². The lowest BCUT2D eigenvalue weighted by molar-refractivity contribution is 0.117. The molecule has 2 unspecified atom stereocenters. The van der Waals surface area contributed by atoms with Crippen molar-refractivity contribution in [2.45, 2.75) is 31.8 Å². The Morgan fingerprint density at radius 3 is 2.62 bits per heavy atom. The van der Waals surface area contributed by atoms with Gasteiger partial charge in [0.15, 0.2) is 0 Å². The summed E-state index contributed by atoms with van der Waals surface area (Å²) in [4.78, 5) is 0. The molecule has 0 heterocycles. The Kier molecular flexibility index (Phi) is 4.24. The highest BCUT2D eigenvalue weighted by Crippen LogP contribution is 2.28. The molecule has 1 aromatic rings. The second-order valence-electron chi connectivity index (χ2n) is 4.35. The zero-order valence-electron chi connectivity index (χ0n) is 9.23. The summed E-state index contributed by atoms with van der Waals surface area (Å²) < 4.78 is 6.70. The van der Waals surface area contributed by atoms with Crippen LogP contribution in [-0.2, 0) is 0 Å². The van der Waals surface area contributed by atoms with Crippen LogP contribution in [0.15, 0.2) is 28.7 Å². The van der Waals surface area contributed by atoms with Crippen molar-refractivity contribution in [2.75, 3.05) is 6.61 Å². The Morgan fingerprint density at radius 2 is 2.00 bits per heavy atom. The maximum atomic E-state index is 9.66. The van der Waals surface area contributed by atoms with Crippen LogP contribution in [0.2, 0.25) is 0 Å². The lowest BCUT2D eigenvalue weighted by atomic mass is 10.0. The van der Waals surface area contributed by atoms with E-state index in [0.717, 1.165) is 35.9 Å². The fourth-order valence-corrected chi connectivity index (χ4v) is 2.48. The molecule has 0 spiro atoms. The number of halogens is 1. The van der Waals surface area contributed by atoms with E-state index >= 15 is 0 Å². The van der Waals surface area contributed by atoms with Crippen molar-refractivity contribution in [2.24, 2.45) is 5.92 Å². The quantitative estimate of drug-likeness (QED) is 0.919. The molecular formula is C13H17BrO2. The third-order valence-corrected chi connectivity index (χ3v) is 3.72. The highest BCUT2D eigenvalue weighted by molar-refractivity contribution is 9.10. The molecule has 0 saturated heterocycles. The number of aliphatic hydroxyl groups excluding tert-OH is 1. The third-order valence-electron chi connectivity index (χ3n) is 3.19. The molecule has 2 nitrogen and oxygen atoms in total. The van der Waals surface area contributed by atoms with Gasteiger partial charge in [-0.3, -0.25) is 0 Å². The van der Waals surface area contributed by atoms with Gasteiger partial charge in [-0.25, -0.2) is 0 Å². The van der Waals surface area contributed by atoms with Gasteiger partial charge in [-0.15, -0.1) is 0 Å². The number of ether oxygens (including phenoxy) is 1. The van der Waals surface area contributed by atoms with E-state index in [-0.39, 0.29) is 6.10 Å². The maximum Gasteiger partial charge on any atom is 0.119 e. The average Bonchev–Trinajstić information content (AvgIpc) is 2.68. The molecule has 0 bridgehead atoms. The van der Waals surface area contributed by atoms with Crippen LogP contribution in [0.4, 0.5) is 0 Å². The van der Waals surface area contributed by atoms with Crippen LogP contribution in [0, 0.1) is 5.92 Å². The Balaban J connectivity index is 1.73. The first kappa shape index (κ1) is 11.9. The highest BCUT2D eigenvalue weighted by Gasteiger charge is 2.24. The first-order valence-electron chi connectivity index (χ1n) is 5.82. The molecule has 16 heavy (non-hydrogen) atoms. The largest absolute Gasteiger partial charge is 0.494 e. The van der Waals surface area contributed by atoms with Gasteiger partial charge in [-0.1, -0.05) is 22.4 Å². The minimum absolute atomic E-state index is 0.103. The van der Waals surface area contributed by atoms with Crippen LogP contribution in [0.1, 0.15) is 25.7 Å². The van der Waals surface area contributed by atoms with Crippen LogP contribution in [0.3, 0.4) is 0 Å². The number of hydrogen-bond donors (Lipinski definition) is 1. The zero-order valence-corrected chi connectivity index (χ0v) is 10.8. The van der Waals surface area contributed by atoms with Crippen LogP contribution in [0.5, 0.6) is 5.75 Å². The van der Waals surface area contributed by atoms with E-state index in [1.807, 2.05) is 24.3 Å². The van der Waals surface area contributed by atoms with Crippen molar-refractivity contribution in [1.82, 2.24) is 0 Å². The predicted octanol–water partition coefficient (Wildman–Crippen LogP) is 3.38. The van der Waals surface area contributed by atoms with Gasteiger partial charge < -0.3 is 9.84 Å².